The van der Waals surface area contributed by atoms with E-state index in [4.69, 9.17) is 10.2 Å². The monoisotopic (exact) mass is 231 g/mol. The topological polar surface area (TPSA) is 52.5 Å². The summed E-state index contributed by atoms with van der Waals surface area (Å²) in [5.41, 5.74) is 2.14. The minimum atomic E-state index is -0.0348. The Hall–Kier alpha value is -0.740. The normalized spacial score (nSPS) is 13.7. The molecule has 0 amide bonds. The minimum Gasteiger partial charge on any atom is -0.504 e. The first-order valence-electron chi connectivity index (χ1n) is 3.52. The highest BCUT2D eigenvalue weighted by molar-refractivity contribution is 8.93. The van der Waals surface area contributed by atoms with Crippen LogP contribution in [-0.4, -0.2) is 10.2 Å². The molecule has 3 nitrogen and oxygen atoms in total. The molecule has 0 spiro atoms. The van der Waals surface area contributed by atoms with Crippen molar-refractivity contribution in [1.82, 2.24) is 5.32 Å². The molecular formula is C8H10BrNO2. The maximum atomic E-state index is 9.11. The molecule has 1 aromatic rings. The predicted molar refractivity (Wildman–Crippen MR) is 50.6 cm³/mol. The molecule has 0 aliphatic carbocycles. The van der Waals surface area contributed by atoms with Crippen molar-refractivity contribution in [2.24, 2.45) is 0 Å². The second kappa shape index (κ2) is 3.33. The lowest BCUT2D eigenvalue weighted by atomic mass is 10.1. The molecule has 0 fully saturated rings. The molecule has 4 heteroatoms. The van der Waals surface area contributed by atoms with Gasteiger partial charge in [0, 0.05) is 13.1 Å². The summed E-state index contributed by atoms with van der Waals surface area (Å²) in [6, 6.07) is 3.20. The van der Waals surface area contributed by atoms with Gasteiger partial charge in [0.15, 0.2) is 11.5 Å². The molecule has 1 aliphatic heterocycles. The molecule has 12 heavy (non-hydrogen) atoms. The lowest BCUT2D eigenvalue weighted by molar-refractivity contribution is 0.403. The molecule has 0 atom stereocenters. The van der Waals surface area contributed by atoms with E-state index in [0.29, 0.717) is 0 Å². The van der Waals surface area contributed by atoms with Gasteiger partial charge in [0.05, 0.1) is 0 Å². The van der Waals surface area contributed by atoms with Crippen molar-refractivity contribution in [2.45, 2.75) is 13.1 Å². The zero-order valence-corrected chi connectivity index (χ0v) is 8.08. The van der Waals surface area contributed by atoms with E-state index in [2.05, 4.69) is 5.32 Å². The molecule has 66 valence electrons. The van der Waals surface area contributed by atoms with Crippen molar-refractivity contribution in [1.29, 1.82) is 0 Å². The van der Waals surface area contributed by atoms with Gasteiger partial charge in [-0.2, -0.15) is 0 Å². The summed E-state index contributed by atoms with van der Waals surface area (Å²) in [6.07, 6.45) is 0. The Labute approximate surface area is 80.8 Å². The van der Waals surface area contributed by atoms with Crippen LogP contribution in [0.15, 0.2) is 12.1 Å². The molecule has 0 radical (unpaired) electrons. The molecular weight excluding hydrogens is 222 g/mol. The fraction of sp³-hybridized carbons (Fsp3) is 0.250. The zero-order chi connectivity index (χ0) is 7.84. The van der Waals surface area contributed by atoms with Crippen molar-refractivity contribution in [2.75, 3.05) is 0 Å². The quantitative estimate of drug-likeness (QED) is 0.590. The maximum Gasteiger partial charge on any atom is 0.157 e. The highest BCUT2D eigenvalue weighted by Gasteiger charge is 2.12. The fourth-order valence-corrected chi connectivity index (χ4v) is 1.32. The zero-order valence-electron chi connectivity index (χ0n) is 6.37. The van der Waals surface area contributed by atoms with Crippen LogP contribution in [0, 0.1) is 0 Å². The number of fused-ring (bicyclic) bond motifs is 1. The van der Waals surface area contributed by atoms with Crippen molar-refractivity contribution in [3.63, 3.8) is 0 Å². The minimum absolute atomic E-state index is 0. The molecule has 3 N–H and O–H groups in total. The van der Waals surface area contributed by atoms with Gasteiger partial charge in [-0.05, 0) is 23.3 Å². The van der Waals surface area contributed by atoms with Gasteiger partial charge >= 0.3 is 0 Å². The Morgan fingerprint density at radius 2 is 1.42 bits per heavy atom. The van der Waals surface area contributed by atoms with Gasteiger partial charge in [0.2, 0.25) is 0 Å². The number of benzene rings is 1. The van der Waals surface area contributed by atoms with Gasteiger partial charge in [0.1, 0.15) is 0 Å². The van der Waals surface area contributed by atoms with Gasteiger partial charge < -0.3 is 15.5 Å². The lowest BCUT2D eigenvalue weighted by Crippen LogP contribution is -1.99. The van der Waals surface area contributed by atoms with E-state index in [9.17, 15) is 0 Å². The third-order valence-electron chi connectivity index (χ3n) is 1.93. The number of hydrogen-bond acceptors (Lipinski definition) is 3. The fourth-order valence-electron chi connectivity index (χ4n) is 1.32. The van der Waals surface area contributed by atoms with Crippen molar-refractivity contribution < 1.29 is 10.2 Å². The summed E-state index contributed by atoms with van der Waals surface area (Å²) < 4.78 is 0. The molecule has 0 saturated carbocycles. The molecule has 1 aromatic carbocycles. The molecule has 0 saturated heterocycles. The van der Waals surface area contributed by atoms with Crippen molar-refractivity contribution in [3.8, 4) is 11.5 Å². The van der Waals surface area contributed by atoms with E-state index in [1.807, 2.05) is 0 Å². The van der Waals surface area contributed by atoms with Crippen LogP contribution < -0.4 is 5.32 Å². The number of halogens is 1. The van der Waals surface area contributed by atoms with Gasteiger partial charge in [0.25, 0.3) is 0 Å². The van der Waals surface area contributed by atoms with Gasteiger partial charge in [-0.1, -0.05) is 0 Å². The summed E-state index contributed by atoms with van der Waals surface area (Å²) in [6.45, 7) is 1.56. The molecule has 1 heterocycles. The van der Waals surface area contributed by atoms with E-state index in [-0.39, 0.29) is 28.5 Å². The van der Waals surface area contributed by atoms with E-state index in [0.717, 1.165) is 24.2 Å². The van der Waals surface area contributed by atoms with Crippen LogP contribution in [0.5, 0.6) is 11.5 Å². The first-order valence-corrected chi connectivity index (χ1v) is 3.52. The number of phenolic OH excluding ortho intramolecular Hbond substituents is 2. The average Bonchev–Trinajstić information content (AvgIpc) is 2.36. The number of phenols is 2. The number of rotatable bonds is 0. The van der Waals surface area contributed by atoms with E-state index in [1.165, 1.54) is 0 Å². The van der Waals surface area contributed by atoms with Crippen LogP contribution in [0.2, 0.25) is 0 Å². The van der Waals surface area contributed by atoms with Crippen LogP contribution in [-0.2, 0) is 13.1 Å². The van der Waals surface area contributed by atoms with Crippen LogP contribution >= 0.6 is 17.0 Å². The third-order valence-corrected chi connectivity index (χ3v) is 1.93. The average molecular weight is 232 g/mol. The second-order valence-electron chi connectivity index (χ2n) is 2.71. The Kier molecular flexibility index (Phi) is 2.59. The van der Waals surface area contributed by atoms with Crippen LogP contribution in [0.4, 0.5) is 0 Å². The maximum absolute atomic E-state index is 9.11. The van der Waals surface area contributed by atoms with Crippen molar-refractivity contribution in [3.05, 3.63) is 23.3 Å². The van der Waals surface area contributed by atoms with E-state index >= 15 is 0 Å². The summed E-state index contributed by atoms with van der Waals surface area (Å²) in [5, 5.41) is 21.3. The Bertz CT molecular complexity index is 272. The molecule has 2 rings (SSSR count). The second-order valence-corrected chi connectivity index (χ2v) is 2.71. The smallest absolute Gasteiger partial charge is 0.157 e. The summed E-state index contributed by atoms with van der Waals surface area (Å²) in [7, 11) is 0. The predicted octanol–water partition coefficient (Wildman–Crippen LogP) is 1.28. The summed E-state index contributed by atoms with van der Waals surface area (Å²) in [4.78, 5) is 0. The summed E-state index contributed by atoms with van der Waals surface area (Å²) >= 11 is 0. The van der Waals surface area contributed by atoms with Crippen LogP contribution in [0.3, 0.4) is 0 Å². The van der Waals surface area contributed by atoms with Crippen molar-refractivity contribution >= 4 is 17.0 Å². The molecule has 1 aliphatic rings. The van der Waals surface area contributed by atoms with E-state index in [1.54, 1.807) is 12.1 Å². The van der Waals surface area contributed by atoms with Gasteiger partial charge in [-0.3, -0.25) is 0 Å². The lowest BCUT2D eigenvalue weighted by Gasteiger charge is -2.00. The molecule has 0 aromatic heterocycles. The number of nitrogens with one attached hydrogen (secondary N) is 1. The first kappa shape index (κ1) is 9.35. The summed E-state index contributed by atoms with van der Waals surface area (Å²) in [5.74, 6) is -0.0695. The highest BCUT2D eigenvalue weighted by atomic mass is 79.9. The van der Waals surface area contributed by atoms with Crippen LogP contribution in [0.25, 0.3) is 0 Å². The van der Waals surface area contributed by atoms with Gasteiger partial charge in [-0.15, -0.1) is 17.0 Å². The van der Waals surface area contributed by atoms with E-state index < -0.39 is 0 Å². The highest BCUT2D eigenvalue weighted by Crippen LogP contribution is 2.30. The Morgan fingerprint density at radius 3 is 1.83 bits per heavy atom. The third kappa shape index (κ3) is 1.40. The SMILES string of the molecule is Br.Oc1cc2c(cc1O)CNC2. The first-order chi connectivity index (χ1) is 5.27. The standard InChI is InChI=1S/C8H9NO2.BrH/c10-7-1-5-3-9-4-6(5)2-8(7)11;/h1-2,9-11H,3-4H2;1H. The Balaban J connectivity index is 0.000000720. The Morgan fingerprint density at radius 1 is 1.00 bits per heavy atom. The number of hydrogen-bond donors (Lipinski definition) is 3. The largest absolute Gasteiger partial charge is 0.504 e. The number of aromatic hydroxyl groups is 2. The van der Waals surface area contributed by atoms with Gasteiger partial charge in [-0.25, -0.2) is 0 Å². The van der Waals surface area contributed by atoms with Crippen LogP contribution in [0.1, 0.15) is 11.1 Å². The molecule has 0 bridgehead atoms. The molecule has 0 unspecified atom stereocenters.